The molecule has 116 valence electrons. The minimum absolute atomic E-state index is 0.0218. The van der Waals surface area contributed by atoms with Gasteiger partial charge < -0.3 is 10.2 Å². The first-order chi connectivity index (χ1) is 10.0. The maximum Gasteiger partial charge on any atom is 0.236 e. The Kier molecular flexibility index (Phi) is 7.14. The van der Waals surface area contributed by atoms with E-state index in [0.717, 1.165) is 25.9 Å². The van der Waals surface area contributed by atoms with Gasteiger partial charge in [-0.15, -0.1) is 0 Å². The third kappa shape index (κ3) is 5.71. The molecule has 0 aliphatic carbocycles. The van der Waals surface area contributed by atoms with Crippen molar-refractivity contribution in [2.24, 2.45) is 0 Å². The summed E-state index contributed by atoms with van der Waals surface area (Å²) in [6, 6.07) is 4.11. The Hall–Kier alpha value is -1.63. The van der Waals surface area contributed by atoms with Crippen molar-refractivity contribution < 1.29 is 4.79 Å². The van der Waals surface area contributed by atoms with Crippen molar-refractivity contribution in [3.63, 3.8) is 0 Å². The van der Waals surface area contributed by atoms with Crippen LogP contribution in [0, 0.1) is 22.7 Å². The zero-order valence-corrected chi connectivity index (χ0v) is 13.1. The van der Waals surface area contributed by atoms with Gasteiger partial charge in [0, 0.05) is 31.7 Å². The Morgan fingerprint density at radius 1 is 1.24 bits per heavy atom. The molecule has 1 N–H and O–H groups in total. The van der Waals surface area contributed by atoms with Crippen molar-refractivity contribution in [3.05, 3.63) is 0 Å². The van der Waals surface area contributed by atoms with Crippen LogP contribution >= 0.6 is 0 Å². The lowest BCUT2D eigenvalue weighted by Crippen LogP contribution is -2.52. The van der Waals surface area contributed by atoms with Crippen LogP contribution in [0.25, 0.3) is 0 Å². The number of likely N-dealkylation sites (tertiary alicyclic amines) is 1. The van der Waals surface area contributed by atoms with Crippen LogP contribution in [0.5, 0.6) is 0 Å². The van der Waals surface area contributed by atoms with E-state index >= 15 is 0 Å². The predicted molar refractivity (Wildman–Crippen MR) is 80.2 cm³/mol. The minimum Gasteiger partial charge on any atom is -0.340 e. The highest BCUT2D eigenvalue weighted by atomic mass is 16.2. The van der Waals surface area contributed by atoms with Crippen LogP contribution in [0.3, 0.4) is 0 Å². The van der Waals surface area contributed by atoms with Crippen molar-refractivity contribution in [2.45, 2.75) is 38.1 Å². The van der Waals surface area contributed by atoms with E-state index in [4.69, 9.17) is 10.5 Å². The Morgan fingerprint density at radius 2 is 1.76 bits per heavy atom. The molecular formula is C15H25N5O. The minimum atomic E-state index is 0.0218. The predicted octanol–water partition coefficient (Wildman–Crippen LogP) is 0.716. The zero-order valence-electron chi connectivity index (χ0n) is 13.1. The van der Waals surface area contributed by atoms with Gasteiger partial charge in [-0.3, -0.25) is 9.69 Å². The average Bonchev–Trinajstić information content (AvgIpc) is 2.50. The average molecular weight is 291 g/mol. The summed E-state index contributed by atoms with van der Waals surface area (Å²) in [6.45, 7) is 5.22. The summed E-state index contributed by atoms with van der Waals surface area (Å²) in [4.78, 5) is 16.1. The van der Waals surface area contributed by atoms with Crippen LogP contribution in [-0.2, 0) is 4.79 Å². The molecule has 0 saturated carbocycles. The number of rotatable bonds is 7. The number of hydrogen-bond acceptors (Lipinski definition) is 5. The highest BCUT2D eigenvalue weighted by Gasteiger charge is 2.29. The van der Waals surface area contributed by atoms with Gasteiger partial charge >= 0.3 is 0 Å². The molecule has 1 fully saturated rings. The summed E-state index contributed by atoms with van der Waals surface area (Å²) >= 11 is 0. The van der Waals surface area contributed by atoms with Gasteiger partial charge in [-0.25, -0.2) is 0 Å². The summed E-state index contributed by atoms with van der Waals surface area (Å²) < 4.78 is 0. The highest BCUT2D eigenvalue weighted by Crippen LogP contribution is 2.20. The molecule has 0 atom stereocenters. The van der Waals surface area contributed by atoms with Gasteiger partial charge in [-0.1, -0.05) is 0 Å². The molecule has 0 aromatic carbocycles. The highest BCUT2D eigenvalue weighted by molar-refractivity contribution is 5.78. The van der Waals surface area contributed by atoms with Crippen molar-refractivity contribution in [2.75, 3.05) is 39.8 Å². The van der Waals surface area contributed by atoms with Crippen LogP contribution < -0.4 is 5.32 Å². The quantitative estimate of drug-likeness (QED) is 0.747. The molecule has 1 saturated heterocycles. The lowest BCUT2D eigenvalue weighted by molar-refractivity contribution is -0.132. The molecular weight excluding hydrogens is 266 g/mol. The van der Waals surface area contributed by atoms with E-state index in [-0.39, 0.29) is 11.4 Å². The first-order valence-electron chi connectivity index (χ1n) is 7.47. The van der Waals surface area contributed by atoms with Gasteiger partial charge in [-0.05, 0) is 26.8 Å². The molecule has 0 radical (unpaired) electrons. The van der Waals surface area contributed by atoms with E-state index in [1.165, 1.54) is 0 Å². The number of carbonyl (C=O) groups is 1. The van der Waals surface area contributed by atoms with Gasteiger partial charge in [0.05, 0.1) is 31.5 Å². The Balaban J connectivity index is 2.46. The smallest absolute Gasteiger partial charge is 0.236 e. The van der Waals surface area contributed by atoms with Gasteiger partial charge in [0.1, 0.15) is 0 Å². The molecule has 0 unspecified atom stereocenters. The molecule has 21 heavy (non-hydrogen) atoms. The van der Waals surface area contributed by atoms with Gasteiger partial charge in [0.2, 0.25) is 5.91 Å². The normalized spacial score (nSPS) is 17.7. The molecule has 1 amide bonds. The summed E-state index contributed by atoms with van der Waals surface area (Å²) in [5, 5.41) is 20.7. The van der Waals surface area contributed by atoms with Crippen molar-refractivity contribution in [1.29, 1.82) is 10.5 Å². The lowest BCUT2D eigenvalue weighted by Gasteiger charge is -2.39. The maximum absolute atomic E-state index is 12.3. The van der Waals surface area contributed by atoms with Crippen LogP contribution in [-0.4, -0.2) is 61.0 Å². The number of piperidine rings is 1. The van der Waals surface area contributed by atoms with E-state index in [2.05, 4.69) is 29.3 Å². The van der Waals surface area contributed by atoms with Crippen LogP contribution in [0.1, 0.15) is 32.6 Å². The summed E-state index contributed by atoms with van der Waals surface area (Å²) in [5.41, 5.74) is 0.168. The number of nitrogens with one attached hydrogen (secondary N) is 1. The third-order valence-electron chi connectivity index (χ3n) is 4.26. The Labute approximate surface area is 127 Å². The molecule has 1 heterocycles. The molecule has 0 aromatic heterocycles. The Bertz CT molecular complexity index is 397. The van der Waals surface area contributed by atoms with Gasteiger partial charge in [0.15, 0.2) is 0 Å². The molecule has 0 bridgehead atoms. The fourth-order valence-corrected chi connectivity index (χ4v) is 2.48. The molecule has 1 rings (SSSR count). The van der Waals surface area contributed by atoms with E-state index in [0.29, 0.717) is 32.5 Å². The summed E-state index contributed by atoms with van der Waals surface area (Å²) in [6.07, 6.45) is 2.67. The van der Waals surface area contributed by atoms with E-state index in [9.17, 15) is 4.79 Å². The molecule has 6 nitrogen and oxygen atoms in total. The third-order valence-corrected chi connectivity index (χ3v) is 4.26. The monoisotopic (exact) mass is 291 g/mol. The summed E-state index contributed by atoms with van der Waals surface area (Å²) in [5.74, 6) is 0.0218. The van der Waals surface area contributed by atoms with E-state index < -0.39 is 0 Å². The van der Waals surface area contributed by atoms with E-state index in [1.807, 2.05) is 7.05 Å². The lowest BCUT2D eigenvalue weighted by atomic mass is 9.90. The van der Waals surface area contributed by atoms with Gasteiger partial charge in [-0.2, -0.15) is 10.5 Å². The maximum atomic E-state index is 12.3. The van der Waals surface area contributed by atoms with Gasteiger partial charge in [0.25, 0.3) is 0 Å². The number of amides is 1. The van der Waals surface area contributed by atoms with Crippen LogP contribution in [0.4, 0.5) is 0 Å². The SMILES string of the molecule is CNC1(C)CCN(CC(=O)N(CCC#N)CCC#N)CC1. The molecule has 6 heteroatoms. The fourth-order valence-electron chi connectivity index (χ4n) is 2.48. The van der Waals surface area contributed by atoms with E-state index in [1.54, 1.807) is 4.90 Å². The second-order valence-electron chi connectivity index (χ2n) is 5.78. The zero-order chi connectivity index (χ0) is 15.7. The Morgan fingerprint density at radius 3 is 2.19 bits per heavy atom. The number of carbonyl (C=O) groups excluding carboxylic acids is 1. The standard InChI is InChI=1S/C15H25N5O/c1-15(18-2)5-11-19(12-6-15)13-14(21)20(9-3-7-16)10-4-8-17/h18H,3-6,9-13H2,1-2H3. The van der Waals surface area contributed by atoms with Crippen molar-refractivity contribution in [1.82, 2.24) is 15.1 Å². The number of hydrogen-bond donors (Lipinski definition) is 1. The topological polar surface area (TPSA) is 83.2 Å². The second-order valence-corrected chi connectivity index (χ2v) is 5.78. The van der Waals surface area contributed by atoms with Crippen molar-refractivity contribution in [3.8, 4) is 12.1 Å². The molecule has 1 aliphatic rings. The van der Waals surface area contributed by atoms with Crippen LogP contribution in [0.2, 0.25) is 0 Å². The molecule has 1 aliphatic heterocycles. The number of nitriles is 2. The summed E-state index contributed by atoms with van der Waals surface area (Å²) in [7, 11) is 1.98. The molecule has 0 spiro atoms. The van der Waals surface area contributed by atoms with Crippen LogP contribution in [0.15, 0.2) is 0 Å². The first-order valence-corrected chi connectivity index (χ1v) is 7.47. The first kappa shape index (κ1) is 17.4. The second kappa shape index (κ2) is 8.61. The number of nitrogens with zero attached hydrogens (tertiary/aromatic N) is 4. The fraction of sp³-hybridized carbons (Fsp3) is 0.800. The largest absolute Gasteiger partial charge is 0.340 e. The van der Waals surface area contributed by atoms with Crippen molar-refractivity contribution >= 4 is 5.91 Å². The molecule has 0 aromatic rings.